The van der Waals surface area contributed by atoms with Crippen LogP contribution in [0, 0.1) is 0 Å². The van der Waals surface area contributed by atoms with Crippen LogP contribution in [0.4, 0.5) is 9.59 Å². The molecule has 0 aromatic carbocycles. The summed E-state index contributed by atoms with van der Waals surface area (Å²) in [6.07, 6.45) is -3.67. The third-order valence-corrected chi connectivity index (χ3v) is 1.73. The first-order valence-corrected chi connectivity index (χ1v) is 4.77. The van der Waals surface area contributed by atoms with Crippen LogP contribution in [-0.2, 0) is 0 Å². The molecule has 0 amide bonds. The van der Waals surface area contributed by atoms with Crippen molar-refractivity contribution in [1.82, 2.24) is 0 Å². The van der Waals surface area contributed by atoms with Crippen molar-refractivity contribution < 1.29 is 39.5 Å². The molecule has 0 radical (unpaired) electrons. The summed E-state index contributed by atoms with van der Waals surface area (Å²) in [6.45, 7) is 0. The van der Waals surface area contributed by atoms with Gasteiger partial charge in [-0.1, -0.05) is 0 Å². The largest absolute Gasteiger partial charge is 0.503 e. The van der Waals surface area contributed by atoms with Crippen molar-refractivity contribution in [2.75, 3.05) is 14.2 Å². The van der Waals surface area contributed by atoms with Gasteiger partial charge in [0.05, 0.1) is 14.2 Å². The van der Waals surface area contributed by atoms with E-state index < -0.39 is 12.3 Å². The third kappa shape index (κ3) is 13.8. The van der Waals surface area contributed by atoms with Gasteiger partial charge in [-0.15, -0.1) is 11.3 Å². The van der Waals surface area contributed by atoms with Gasteiger partial charge in [0, 0.05) is 10.8 Å². The molecule has 0 saturated heterocycles. The average molecular weight is 268 g/mol. The second-order valence-corrected chi connectivity index (χ2v) is 2.82. The van der Waals surface area contributed by atoms with Gasteiger partial charge in [0.15, 0.2) is 11.5 Å². The van der Waals surface area contributed by atoms with Crippen LogP contribution in [0.15, 0.2) is 10.8 Å². The molecular weight excluding hydrogens is 256 g/mol. The molecule has 4 N–H and O–H groups in total. The van der Waals surface area contributed by atoms with Crippen molar-refractivity contribution in [1.29, 1.82) is 0 Å². The molecule has 17 heavy (non-hydrogen) atoms. The Morgan fingerprint density at radius 2 is 1.18 bits per heavy atom. The number of methoxy groups -OCH3 is 2. The van der Waals surface area contributed by atoms with E-state index in [0.717, 1.165) is 11.5 Å². The van der Waals surface area contributed by atoms with E-state index in [4.69, 9.17) is 39.5 Å². The maximum absolute atomic E-state index is 8.56. The van der Waals surface area contributed by atoms with Crippen LogP contribution in [0.2, 0.25) is 0 Å². The number of rotatable bonds is 2. The predicted molar refractivity (Wildman–Crippen MR) is 58.7 cm³/mol. The number of hydrogen-bond acceptors (Lipinski definition) is 5. The fourth-order valence-corrected chi connectivity index (χ4v) is 1.31. The fraction of sp³-hybridized carbons (Fsp3) is 0.250. The number of hydrogen-bond donors (Lipinski definition) is 4. The smallest absolute Gasteiger partial charge is 0.492 e. The first-order chi connectivity index (χ1) is 7.84. The zero-order valence-corrected chi connectivity index (χ0v) is 9.80. The molecule has 1 aromatic heterocycles. The molecule has 0 unspecified atom stereocenters. The second-order valence-electron chi connectivity index (χ2n) is 2.07. The van der Waals surface area contributed by atoms with E-state index in [0.29, 0.717) is 0 Å². The van der Waals surface area contributed by atoms with Gasteiger partial charge in [-0.25, -0.2) is 9.59 Å². The molecule has 0 fully saturated rings. The maximum atomic E-state index is 8.56. The van der Waals surface area contributed by atoms with Crippen LogP contribution >= 0.6 is 11.3 Å². The van der Waals surface area contributed by atoms with E-state index in [9.17, 15) is 0 Å². The summed E-state index contributed by atoms with van der Waals surface area (Å²) in [5.41, 5.74) is 0. The van der Waals surface area contributed by atoms with Gasteiger partial charge >= 0.3 is 12.3 Å². The van der Waals surface area contributed by atoms with Gasteiger partial charge in [0.2, 0.25) is 0 Å². The predicted octanol–water partition coefficient (Wildman–Crippen LogP) is 2.21. The molecule has 98 valence electrons. The molecule has 9 heteroatoms. The minimum atomic E-state index is -1.83. The van der Waals surface area contributed by atoms with Crippen LogP contribution in [0.5, 0.6) is 11.5 Å². The first-order valence-electron chi connectivity index (χ1n) is 3.83. The van der Waals surface area contributed by atoms with Gasteiger partial charge in [-0.3, -0.25) is 0 Å². The molecule has 1 rings (SSSR count). The molecule has 0 aliphatic carbocycles. The maximum Gasteiger partial charge on any atom is 0.503 e. The normalized spacial score (nSPS) is 7.65. The Morgan fingerprint density at radius 3 is 1.35 bits per heavy atom. The highest BCUT2D eigenvalue weighted by Crippen LogP contribution is 2.30. The summed E-state index contributed by atoms with van der Waals surface area (Å²) in [5, 5.41) is 31.7. The van der Waals surface area contributed by atoms with Crippen molar-refractivity contribution in [3.8, 4) is 11.5 Å². The van der Waals surface area contributed by atoms with Gasteiger partial charge in [0.25, 0.3) is 0 Å². The number of ether oxygens (including phenoxy) is 2. The van der Waals surface area contributed by atoms with E-state index in [-0.39, 0.29) is 0 Å². The van der Waals surface area contributed by atoms with Crippen LogP contribution in [0.25, 0.3) is 0 Å². The summed E-state index contributed by atoms with van der Waals surface area (Å²) in [5.74, 6) is 1.62. The van der Waals surface area contributed by atoms with E-state index in [2.05, 4.69) is 0 Å². The quantitative estimate of drug-likeness (QED) is 0.641. The molecule has 0 atom stereocenters. The zero-order chi connectivity index (χ0) is 13.8. The van der Waals surface area contributed by atoms with Crippen molar-refractivity contribution in [3.63, 3.8) is 0 Å². The molecule has 8 nitrogen and oxygen atoms in total. The molecular formula is C8H12O8S. The highest BCUT2D eigenvalue weighted by atomic mass is 32.1. The molecule has 1 aromatic rings. The van der Waals surface area contributed by atoms with Crippen LogP contribution in [-0.4, -0.2) is 47.0 Å². The minimum Gasteiger partial charge on any atom is -0.492 e. The van der Waals surface area contributed by atoms with E-state index in [1.54, 1.807) is 25.6 Å². The number of carboxylic acid groups (broad SMARTS) is 4. The summed E-state index contributed by atoms with van der Waals surface area (Å²) in [7, 11) is 3.26. The fourth-order valence-electron chi connectivity index (χ4n) is 0.571. The molecule has 0 spiro atoms. The summed E-state index contributed by atoms with van der Waals surface area (Å²) in [4.78, 5) is 17.1. The van der Waals surface area contributed by atoms with Gasteiger partial charge in [-0.2, -0.15) is 0 Å². The Kier molecular flexibility index (Phi) is 10.5. The van der Waals surface area contributed by atoms with Crippen LogP contribution in [0.3, 0.4) is 0 Å². The topological polar surface area (TPSA) is 134 Å². The summed E-state index contributed by atoms with van der Waals surface area (Å²) in [6, 6.07) is 0. The molecule has 0 bridgehead atoms. The van der Waals surface area contributed by atoms with Gasteiger partial charge in [0.1, 0.15) is 0 Å². The summed E-state index contributed by atoms with van der Waals surface area (Å²) < 4.78 is 9.92. The van der Waals surface area contributed by atoms with Crippen molar-refractivity contribution in [3.05, 3.63) is 10.8 Å². The SMILES string of the molecule is COc1cscc1OC.O=C(O)O.O=C(O)O. The van der Waals surface area contributed by atoms with E-state index in [1.165, 1.54) is 0 Å². The average Bonchev–Trinajstić information content (AvgIpc) is 2.62. The standard InChI is InChI=1S/C6H8O2S.2CH2O3/c1-7-5-3-9-4-6(5)8-2;2*2-1(3)4/h3-4H,1-2H3;2*(H2,2,3,4). The third-order valence-electron chi connectivity index (χ3n) is 1.03. The molecule has 0 aliphatic heterocycles. The highest BCUT2D eigenvalue weighted by Gasteiger charge is 2.00. The highest BCUT2D eigenvalue weighted by molar-refractivity contribution is 7.08. The van der Waals surface area contributed by atoms with E-state index >= 15 is 0 Å². The number of thiophene rings is 1. The Morgan fingerprint density at radius 1 is 0.941 bits per heavy atom. The summed E-state index contributed by atoms with van der Waals surface area (Å²) >= 11 is 1.57. The molecule has 1 heterocycles. The lowest BCUT2D eigenvalue weighted by Crippen LogP contribution is -1.84. The lowest BCUT2D eigenvalue weighted by molar-refractivity contribution is 0.135. The van der Waals surface area contributed by atoms with Gasteiger partial charge in [-0.05, 0) is 0 Å². The van der Waals surface area contributed by atoms with Crippen molar-refractivity contribution in [2.24, 2.45) is 0 Å². The Bertz CT molecular complexity index is 296. The second kappa shape index (κ2) is 10.4. The van der Waals surface area contributed by atoms with Gasteiger partial charge < -0.3 is 29.9 Å². The van der Waals surface area contributed by atoms with Crippen LogP contribution < -0.4 is 9.47 Å². The lowest BCUT2D eigenvalue weighted by Gasteiger charge is -1.98. The number of carbonyl (C=O) groups is 2. The monoisotopic (exact) mass is 268 g/mol. The zero-order valence-electron chi connectivity index (χ0n) is 8.98. The van der Waals surface area contributed by atoms with Crippen molar-refractivity contribution >= 4 is 23.6 Å². The first kappa shape index (κ1) is 17.2. The Balaban J connectivity index is 0. The Labute approximate surface area is 100 Å². The molecule has 0 saturated carbocycles. The van der Waals surface area contributed by atoms with Crippen LogP contribution in [0.1, 0.15) is 0 Å². The molecule has 0 aliphatic rings. The van der Waals surface area contributed by atoms with E-state index in [1.807, 2.05) is 10.8 Å². The minimum absolute atomic E-state index is 0.808. The lowest BCUT2D eigenvalue weighted by atomic mass is 10.5. The van der Waals surface area contributed by atoms with Crippen molar-refractivity contribution in [2.45, 2.75) is 0 Å². The Hall–Kier alpha value is -2.16.